The number of carboxylic acid groups (broad SMARTS) is 1. The van der Waals surface area contributed by atoms with Gasteiger partial charge in [0.25, 0.3) is 0 Å². The van der Waals surface area contributed by atoms with E-state index in [0.717, 1.165) is 12.8 Å². The Labute approximate surface area is 124 Å². The van der Waals surface area contributed by atoms with Crippen LogP contribution in [0.4, 0.5) is 0 Å². The summed E-state index contributed by atoms with van der Waals surface area (Å²) in [5, 5.41) is 7.99. The van der Waals surface area contributed by atoms with Gasteiger partial charge in [-0.3, -0.25) is 0 Å². The summed E-state index contributed by atoms with van der Waals surface area (Å²) >= 11 is 0. The summed E-state index contributed by atoms with van der Waals surface area (Å²) in [6.45, 7) is 2.42. The van der Waals surface area contributed by atoms with Crippen LogP contribution in [0.25, 0.3) is 0 Å². The van der Waals surface area contributed by atoms with E-state index < -0.39 is 25.1 Å². The van der Waals surface area contributed by atoms with Gasteiger partial charge in [-0.05, 0) is 23.8 Å². The highest BCUT2D eigenvalue weighted by atomic mass is 31.1. The Balaban J connectivity index is 2.58. The first kappa shape index (κ1) is 16.1. The number of carbonyl (C=O) groups is 1. The second-order valence-corrected chi connectivity index (χ2v) is 6.53. The first-order chi connectivity index (χ1) is 10.0. The molecular weight excluding hydrogens is 291 g/mol. The molecule has 1 saturated heterocycles. The maximum atomic E-state index is 12.1. The van der Waals surface area contributed by atoms with E-state index in [1.165, 1.54) is 0 Å². The summed E-state index contributed by atoms with van der Waals surface area (Å²) in [7, 11) is -2.95. The van der Waals surface area contributed by atoms with Gasteiger partial charge >= 0.3 is 19.2 Å². The summed E-state index contributed by atoms with van der Waals surface area (Å²) < 4.78 is 17.8. The van der Waals surface area contributed by atoms with Crippen LogP contribution in [0.5, 0.6) is 0 Å². The Bertz CT molecular complexity index is 496. The second kappa shape index (κ2) is 6.65. The van der Waals surface area contributed by atoms with Crippen LogP contribution in [0, 0.1) is 5.92 Å². The van der Waals surface area contributed by atoms with Gasteiger partial charge in [-0.1, -0.05) is 37.3 Å². The lowest BCUT2D eigenvalue weighted by Gasteiger charge is -2.30. The van der Waals surface area contributed by atoms with Crippen molar-refractivity contribution >= 4 is 14.0 Å². The van der Waals surface area contributed by atoms with E-state index in [1.54, 1.807) is 30.3 Å². The highest BCUT2D eigenvalue weighted by molar-refractivity contribution is 7.41. The van der Waals surface area contributed by atoms with Crippen molar-refractivity contribution in [2.45, 2.75) is 37.4 Å². The van der Waals surface area contributed by atoms with E-state index in [-0.39, 0.29) is 6.10 Å². The zero-order valence-electron chi connectivity index (χ0n) is 11.9. The molecule has 0 radical (unpaired) electrons. The SMILES string of the molecule is CCC(C1CCCO1)C(C(=O)O)(c1ccccc1)[P+](=O)O. The van der Waals surface area contributed by atoms with Crippen LogP contribution in [-0.2, 0) is 19.3 Å². The number of ether oxygens (including phenoxy) is 1. The molecule has 0 aliphatic carbocycles. The molecule has 0 bridgehead atoms. The maximum Gasteiger partial charge on any atom is 0.529 e. The topological polar surface area (TPSA) is 83.8 Å². The highest BCUT2D eigenvalue weighted by Gasteiger charge is 2.65. The van der Waals surface area contributed by atoms with E-state index in [1.807, 2.05) is 6.92 Å². The first-order valence-corrected chi connectivity index (χ1v) is 8.33. The number of hydrogen-bond donors (Lipinski definition) is 2. The number of rotatable bonds is 6. The van der Waals surface area contributed by atoms with Crippen LogP contribution in [-0.4, -0.2) is 28.7 Å². The van der Waals surface area contributed by atoms with E-state index >= 15 is 0 Å². The van der Waals surface area contributed by atoms with Gasteiger partial charge in [-0.25, -0.2) is 4.79 Å². The fourth-order valence-electron chi connectivity index (χ4n) is 3.27. The average molecular weight is 311 g/mol. The van der Waals surface area contributed by atoms with Gasteiger partial charge in [0, 0.05) is 12.2 Å². The Morgan fingerprint density at radius 3 is 2.57 bits per heavy atom. The lowest BCUT2D eigenvalue weighted by Crippen LogP contribution is -2.45. The van der Waals surface area contributed by atoms with Crippen molar-refractivity contribution in [2.75, 3.05) is 6.61 Å². The normalized spacial score (nSPS) is 23.3. The van der Waals surface area contributed by atoms with Crippen molar-refractivity contribution < 1.29 is 24.1 Å². The highest BCUT2D eigenvalue weighted by Crippen LogP contribution is 2.54. The van der Waals surface area contributed by atoms with Gasteiger partial charge in [0.2, 0.25) is 0 Å². The summed E-state index contributed by atoms with van der Waals surface area (Å²) in [6.07, 6.45) is 1.75. The molecular formula is C15H20O5P+. The fourth-order valence-corrected chi connectivity index (χ4v) is 4.44. The molecule has 1 aromatic rings. The zero-order valence-corrected chi connectivity index (χ0v) is 12.8. The molecule has 114 valence electrons. The van der Waals surface area contributed by atoms with Crippen molar-refractivity contribution in [3.8, 4) is 0 Å². The molecule has 1 aliphatic rings. The average Bonchev–Trinajstić information content (AvgIpc) is 2.98. The largest absolute Gasteiger partial charge is 0.529 e. The van der Waals surface area contributed by atoms with E-state index in [2.05, 4.69) is 0 Å². The molecule has 1 heterocycles. The van der Waals surface area contributed by atoms with Gasteiger partial charge in [0.1, 0.15) is 0 Å². The van der Waals surface area contributed by atoms with Crippen LogP contribution in [0.2, 0.25) is 0 Å². The molecule has 4 atom stereocenters. The zero-order chi connectivity index (χ0) is 15.5. The molecule has 2 rings (SSSR count). The van der Waals surface area contributed by atoms with E-state index in [4.69, 9.17) is 4.74 Å². The molecule has 5 nitrogen and oxygen atoms in total. The molecule has 21 heavy (non-hydrogen) atoms. The molecule has 0 spiro atoms. The third kappa shape index (κ3) is 2.73. The Kier molecular flexibility index (Phi) is 5.09. The van der Waals surface area contributed by atoms with Crippen LogP contribution >= 0.6 is 8.03 Å². The van der Waals surface area contributed by atoms with E-state index in [9.17, 15) is 19.4 Å². The number of hydrogen-bond acceptors (Lipinski definition) is 3. The quantitative estimate of drug-likeness (QED) is 0.789. The minimum Gasteiger partial charge on any atom is -0.477 e. The first-order valence-electron chi connectivity index (χ1n) is 7.11. The van der Waals surface area contributed by atoms with Crippen LogP contribution in [0.3, 0.4) is 0 Å². The monoisotopic (exact) mass is 311 g/mol. The lowest BCUT2D eigenvalue weighted by molar-refractivity contribution is -0.144. The van der Waals surface area contributed by atoms with Gasteiger partial charge in [0.15, 0.2) is 0 Å². The van der Waals surface area contributed by atoms with Gasteiger partial charge in [-0.2, -0.15) is 4.89 Å². The second-order valence-electron chi connectivity index (χ2n) is 5.28. The minimum absolute atomic E-state index is 0.294. The predicted molar refractivity (Wildman–Crippen MR) is 78.3 cm³/mol. The molecule has 0 aromatic heterocycles. The summed E-state index contributed by atoms with van der Waals surface area (Å²) in [5.74, 6) is -1.80. The van der Waals surface area contributed by atoms with Crippen molar-refractivity contribution in [1.29, 1.82) is 0 Å². The molecule has 0 saturated carbocycles. The van der Waals surface area contributed by atoms with Crippen LogP contribution in [0.1, 0.15) is 31.7 Å². The molecule has 6 heteroatoms. The lowest BCUT2D eigenvalue weighted by atomic mass is 9.79. The Morgan fingerprint density at radius 1 is 1.48 bits per heavy atom. The Hall–Kier alpha value is -1.29. The maximum absolute atomic E-state index is 12.1. The molecule has 1 aliphatic heterocycles. The number of benzene rings is 1. The summed E-state index contributed by atoms with van der Waals surface area (Å²) in [4.78, 5) is 21.9. The molecule has 4 unspecified atom stereocenters. The molecule has 1 aromatic carbocycles. The van der Waals surface area contributed by atoms with Crippen molar-refractivity contribution in [3.05, 3.63) is 35.9 Å². The van der Waals surface area contributed by atoms with Crippen LogP contribution in [0.15, 0.2) is 30.3 Å². The molecule has 1 fully saturated rings. The number of aliphatic carboxylic acids is 1. The summed E-state index contributed by atoms with van der Waals surface area (Å²) in [5.41, 5.74) is 0.364. The van der Waals surface area contributed by atoms with E-state index in [0.29, 0.717) is 18.6 Å². The van der Waals surface area contributed by atoms with Gasteiger partial charge in [0.05, 0.1) is 12.0 Å². The van der Waals surface area contributed by atoms with Crippen molar-refractivity contribution in [2.24, 2.45) is 5.92 Å². The number of carboxylic acids is 1. The van der Waals surface area contributed by atoms with Gasteiger partial charge < -0.3 is 9.84 Å². The predicted octanol–water partition coefficient (Wildman–Crippen LogP) is 2.91. The third-order valence-electron chi connectivity index (χ3n) is 4.23. The smallest absolute Gasteiger partial charge is 0.477 e. The third-order valence-corrected chi connectivity index (χ3v) is 5.62. The van der Waals surface area contributed by atoms with Crippen molar-refractivity contribution in [3.63, 3.8) is 0 Å². The van der Waals surface area contributed by atoms with Crippen molar-refractivity contribution in [1.82, 2.24) is 0 Å². The van der Waals surface area contributed by atoms with Gasteiger partial charge in [-0.15, -0.1) is 0 Å². The minimum atomic E-state index is -2.95. The fraction of sp³-hybridized carbons (Fsp3) is 0.533. The standard InChI is InChI=1S/C15H19O5P/c1-2-12(13-9-6-10-20-13)15(14(16)17,21(18)19)11-7-4-3-5-8-11/h3-5,7-8,12-13H,2,6,9-10H2,1H3,(H-,16,17,18,19)/p+1. The summed E-state index contributed by atoms with van der Waals surface area (Å²) in [6, 6.07) is 8.35. The molecule has 0 amide bonds. The molecule has 2 N–H and O–H groups in total. The Morgan fingerprint density at radius 2 is 2.14 bits per heavy atom. The van der Waals surface area contributed by atoms with Crippen LogP contribution < -0.4 is 0 Å².